The largest absolute Gasteiger partial charge is 0.405 e. The van der Waals surface area contributed by atoms with Crippen molar-refractivity contribution in [3.63, 3.8) is 0 Å². The van der Waals surface area contributed by atoms with Crippen molar-refractivity contribution in [3.05, 3.63) is 77.8 Å². The number of anilines is 2. The van der Waals surface area contributed by atoms with Gasteiger partial charge >= 0.3 is 12.2 Å². The van der Waals surface area contributed by atoms with Gasteiger partial charge in [0, 0.05) is 30.4 Å². The Kier molecular flexibility index (Phi) is 9.11. The molecular weight excluding hydrogens is 529 g/mol. The number of aliphatic imine (C=N–C) groups is 1. The molecule has 0 bridgehead atoms. The number of carbonyl (C=O) groups excluding carboxylic acids is 1. The molecule has 1 aromatic heterocycles. The molecule has 0 radical (unpaired) electrons. The average Bonchev–Trinajstić information content (AvgIpc) is 3.30. The van der Waals surface area contributed by atoms with E-state index in [0.29, 0.717) is 26.3 Å². The molecule has 5 N–H and O–H groups in total. The van der Waals surface area contributed by atoms with E-state index in [2.05, 4.69) is 25.8 Å². The number of nitrogens with zero attached hydrogens (tertiary/aromatic N) is 4. The third-order valence-corrected chi connectivity index (χ3v) is 5.69. The molecule has 3 aromatic rings. The topological polar surface area (TPSA) is 155 Å². The standard InChI is InChI=1S/C15H12N2O.C11H15F3N6O2/c18-14-10-16-15(11-6-2-1-3-7-11)12-8-4-5-9-13(12)17-14;12-11(13,14)6-17-5-7(9-18-19-10(16)22-9)8(15)20-1-3-21-4-2-20/h1-9H,10H2,(H,17,18);5,15,17H,1-4,6H2,(H2,16,19)/b;7-5+,15-8?. The third kappa shape index (κ3) is 7.66. The highest BCUT2D eigenvalue weighted by Gasteiger charge is 2.27. The molecule has 0 aliphatic carbocycles. The van der Waals surface area contributed by atoms with Crippen LogP contribution >= 0.6 is 0 Å². The van der Waals surface area contributed by atoms with Gasteiger partial charge in [-0.25, -0.2) is 0 Å². The third-order valence-electron chi connectivity index (χ3n) is 5.69. The van der Waals surface area contributed by atoms with Crippen LogP contribution in [0.15, 0.2) is 70.2 Å². The van der Waals surface area contributed by atoms with Crippen molar-refractivity contribution >= 4 is 34.7 Å². The van der Waals surface area contributed by atoms with Gasteiger partial charge in [-0.1, -0.05) is 53.6 Å². The van der Waals surface area contributed by atoms with Crippen LogP contribution in [0.2, 0.25) is 0 Å². The minimum absolute atomic E-state index is 0.0374. The van der Waals surface area contributed by atoms with Gasteiger partial charge in [-0.2, -0.15) is 13.2 Å². The number of amidine groups is 1. The Morgan fingerprint density at radius 1 is 1.10 bits per heavy atom. The summed E-state index contributed by atoms with van der Waals surface area (Å²) < 4.78 is 46.9. The van der Waals surface area contributed by atoms with E-state index in [1.807, 2.05) is 54.6 Å². The summed E-state index contributed by atoms with van der Waals surface area (Å²) in [6.45, 7) is 0.669. The van der Waals surface area contributed by atoms with Gasteiger partial charge in [-0.3, -0.25) is 15.2 Å². The van der Waals surface area contributed by atoms with E-state index in [0.717, 1.165) is 28.7 Å². The summed E-state index contributed by atoms with van der Waals surface area (Å²) in [5.41, 5.74) is 9.04. The van der Waals surface area contributed by atoms with E-state index in [4.69, 9.17) is 20.3 Å². The number of hydrogen-bond acceptors (Lipinski definition) is 9. The van der Waals surface area contributed by atoms with Gasteiger partial charge in [0.1, 0.15) is 18.9 Å². The fourth-order valence-electron chi connectivity index (χ4n) is 3.87. The number of amides is 1. The maximum atomic E-state index is 12.2. The monoisotopic (exact) mass is 556 g/mol. The van der Waals surface area contributed by atoms with Gasteiger partial charge in [0.15, 0.2) is 0 Å². The fraction of sp³-hybridized carbons (Fsp3) is 0.269. The van der Waals surface area contributed by atoms with Gasteiger partial charge in [0.05, 0.1) is 30.2 Å². The first-order valence-electron chi connectivity index (χ1n) is 12.2. The lowest BCUT2D eigenvalue weighted by Crippen LogP contribution is -2.41. The van der Waals surface area contributed by atoms with E-state index >= 15 is 0 Å². The van der Waals surface area contributed by atoms with Crippen molar-refractivity contribution in [2.24, 2.45) is 4.99 Å². The molecular formula is C26H27F3N8O3. The molecule has 0 atom stereocenters. The van der Waals surface area contributed by atoms with Crippen LogP contribution in [0.5, 0.6) is 0 Å². The van der Waals surface area contributed by atoms with Crippen LogP contribution in [0.4, 0.5) is 24.9 Å². The van der Waals surface area contributed by atoms with Crippen molar-refractivity contribution in [2.75, 3.05) is 50.4 Å². The van der Waals surface area contributed by atoms with E-state index < -0.39 is 12.7 Å². The molecule has 2 aliphatic rings. The molecule has 11 nitrogen and oxygen atoms in total. The van der Waals surface area contributed by atoms with Crippen molar-refractivity contribution in [2.45, 2.75) is 6.18 Å². The number of halogens is 3. The van der Waals surface area contributed by atoms with Crippen molar-refractivity contribution in [3.8, 4) is 0 Å². The Balaban J connectivity index is 0.000000188. The number of morpholine rings is 1. The van der Waals surface area contributed by atoms with E-state index in [1.54, 1.807) is 4.90 Å². The van der Waals surface area contributed by atoms with Crippen LogP contribution < -0.4 is 16.4 Å². The first-order valence-corrected chi connectivity index (χ1v) is 12.2. The maximum absolute atomic E-state index is 12.2. The predicted molar refractivity (Wildman–Crippen MR) is 143 cm³/mol. The van der Waals surface area contributed by atoms with Gasteiger partial charge in [0.25, 0.3) is 5.89 Å². The van der Waals surface area contributed by atoms with Crippen LogP contribution in [-0.4, -0.2) is 78.1 Å². The smallest absolute Gasteiger partial charge is 0.403 e. The number of hydrogen-bond donors (Lipinski definition) is 4. The number of ether oxygens (including phenoxy) is 1. The number of nitrogen functional groups attached to an aromatic ring is 1. The number of para-hydroxylation sites is 1. The number of carbonyl (C=O) groups is 1. The summed E-state index contributed by atoms with van der Waals surface area (Å²) in [6.07, 6.45) is -3.35. The summed E-state index contributed by atoms with van der Waals surface area (Å²) in [7, 11) is 0. The lowest BCUT2D eigenvalue weighted by Gasteiger charge is -2.29. The number of nitrogens with one attached hydrogen (secondary N) is 3. The molecule has 40 heavy (non-hydrogen) atoms. The number of benzene rings is 2. The Morgan fingerprint density at radius 3 is 2.48 bits per heavy atom. The molecule has 0 spiro atoms. The minimum atomic E-state index is -4.38. The first kappa shape index (κ1) is 28.3. The zero-order valence-corrected chi connectivity index (χ0v) is 21.2. The molecule has 14 heteroatoms. The Hall–Kier alpha value is -4.72. The molecule has 0 saturated carbocycles. The Morgan fingerprint density at radius 2 is 1.80 bits per heavy atom. The second-order valence-electron chi connectivity index (χ2n) is 8.57. The Bertz CT molecular complexity index is 1380. The molecule has 3 heterocycles. The fourth-order valence-corrected chi connectivity index (χ4v) is 3.87. The van der Waals surface area contributed by atoms with Gasteiger partial charge in [-0.15, -0.1) is 5.10 Å². The molecule has 2 aromatic carbocycles. The van der Waals surface area contributed by atoms with E-state index in [-0.39, 0.29) is 35.8 Å². The maximum Gasteiger partial charge on any atom is 0.405 e. The molecule has 1 saturated heterocycles. The second kappa shape index (κ2) is 12.9. The summed E-state index contributed by atoms with van der Waals surface area (Å²) in [5.74, 6) is -0.237. The average molecular weight is 557 g/mol. The lowest BCUT2D eigenvalue weighted by atomic mass is 10.0. The van der Waals surface area contributed by atoms with Crippen LogP contribution in [0, 0.1) is 5.41 Å². The molecule has 1 fully saturated rings. The van der Waals surface area contributed by atoms with Crippen LogP contribution in [0.1, 0.15) is 17.0 Å². The van der Waals surface area contributed by atoms with Gasteiger partial charge in [0.2, 0.25) is 5.91 Å². The van der Waals surface area contributed by atoms with Crippen LogP contribution in [0.25, 0.3) is 5.57 Å². The van der Waals surface area contributed by atoms with Crippen molar-refractivity contribution in [1.29, 1.82) is 5.41 Å². The second-order valence-corrected chi connectivity index (χ2v) is 8.57. The zero-order valence-electron chi connectivity index (χ0n) is 21.2. The molecule has 1 amide bonds. The van der Waals surface area contributed by atoms with Gasteiger partial charge in [-0.05, 0) is 6.07 Å². The van der Waals surface area contributed by atoms with Crippen molar-refractivity contribution < 1.29 is 27.1 Å². The van der Waals surface area contributed by atoms with Crippen LogP contribution in [0.3, 0.4) is 0 Å². The number of nitrogens with two attached hydrogens (primary N) is 1. The quantitative estimate of drug-likeness (QED) is 0.276. The van der Waals surface area contributed by atoms with Gasteiger partial charge < -0.3 is 30.4 Å². The zero-order chi connectivity index (χ0) is 28.5. The number of fused-ring (bicyclic) bond motifs is 1. The van der Waals surface area contributed by atoms with Crippen LogP contribution in [-0.2, 0) is 9.53 Å². The highest BCUT2D eigenvalue weighted by Crippen LogP contribution is 2.22. The van der Waals surface area contributed by atoms with E-state index in [9.17, 15) is 18.0 Å². The number of aromatic nitrogens is 2. The minimum Gasteiger partial charge on any atom is -0.403 e. The highest BCUT2D eigenvalue weighted by atomic mass is 19.4. The summed E-state index contributed by atoms with van der Waals surface area (Å²) >= 11 is 0. The highest BCUT2D eigenvalue weighted by molar-refractivity contribution is 6.20. The summed E-state index contributed by atoms with van der Waals surface area (Å²) in [4.78, 5) is 17.7. The van der Waals surface area contributed by atoms with Crippen molar-refractivity contribution in [1.82, 2.24) is 20.4 Å². The normalized spacial score (nSPS) is 15.6. The summed E-state index contributed by atoms with van der Waals surface area (Å²) in [6, 6.07) is 17.4. The summed E-state index contributed by atoms with van der Waals surface area (Å²) in [5, 5.41) is 20.2. The lowest BCUT2D eigenvalue weighted by molar-refractivity contribution is -0.122. The Labute approximate surface area is 227 Å². The number of benzodiazepines with no additional fused rings is 1. The van der Waals surface area contributed by atoms with E-state index in [1.165, 1.54) is 0 Å². The molecule has 2 aliphatic heterocycles. The predicted octanol–water partition coefficient (Wildman–Crippen LogP) is 2.93. The SMILES string of the molecule is N=C(/C(=C\NCC(F)(F)F)c1nnc(N)o1)N1CCOCC1.O=C1CN=C(c2ccccc2)c2ccccc2N1. The molecule has 210 valence electrons. The molecule has 0 unspecified atom stereocenters. The number of rotatable bonds is 5. The molecule has 5 rings (SSSR count). The number of alkyl halides is 3. The first-order chi connectivity index (χ1) is 19.2.